The number of carbonyl (C=O) groups is 1. The van der Waals surface area contributed by atoms with E-state index in [2.05, 4.69) is 11.4 Å². The second-order valence-corrected chi connectivity index (χ2v) is 3.56. The molecule has 3 heteroatoms. The largest absolute Gasteiger partial charge is 0.366 e. The lowest BCUT2D eigenvalue weighted by Crippen LogP contribution is -2.19. The van der Waals surface area contributed by atoms with Gasteiger partial charge >= 0.3 is 0 Å². The molecule has 0 saturated carbocycles. The van der Waals surface area contributed by atoms with Crippen LogP contribution in [0.15, 0.2) is 36.4 Å². The highest BCUT2D eigenvalue weighted by molar-refractivity contribution is 5.94. The highest BCUT2D eigenvalue weighted by atomic mass is 16.1. The zero-order valence-electron chi connectivity index (χ0n) is 9.57. The van der Waals surface area contributed by atoms with Gasteiger partial charge in [-0.25, -0.2) is 0 Å². The Kier molecular flexibility index (Phi) is 5.29. The van der Waals surface area contributed by atoms with Gasteiger partial charge in [0.15, 0.2) is 0 Å². The summed E-state index contributed by atoms with van der Waals surface area (Å²) in [6.07, 6.45) is 5.13. The molecule has 0 unspecified atom stereocenters. The molecule has 0 heterocycles. The molecule has 0 aliphatic carbocycles. The Morgan fingerprint density at radius 1 is 1.44 bits per heavy atom. The van der Waals surface area contributed by atoms with Crippen LogP contribution in [-0.2, 0) is 6.54 Å². The minimum Gasteiger partial charge on any atom is -0.366 e. The highest BCUT2D eigenvalue weighted by Crippen LogP contribution is 2.07. The number of rotatable bonds is 6. The second-order valence-electron chi connectivity index (χ2n) is 3.56. The van der Waals surface area contributed by atoms with Gasteiger partial charge in [-0.1, -0.05) is 30.4 Å². The molecule has 1 rings (SSSR count). The van der Waals surface area contributed by atoms with Crippen molar-refractivity contribution in [2.24, 2.45) is 5.73 Å². The van der Waals surface area contributed by atoms with E-state index in [0.29, 0.717) is 12.1 Å². The van der Waals surface area contributed by atoms with Crippen molar-refractivity contribution < 1.29 is 4.79 Å². The summed E-state index contributed by atoms with van der Waals surface area (Å²) in [7, 11) is 0. The van der Waals surface area contributed by atoms with Crippen LogP contribution in [0.4, 0.5) is 0 Å². The van der Waals surface area contributed by atoms with Crippen molar-refractivity contribution in [1.29, 1.82) is 0 Å². The number of nitrogens with two attached hydrogens (primary N) is 1. The Morgan fingerprint density at radius 2 is 2.19 bits per heavy atom. The normalized spacial score (nSPS) is 10.8. The molecule has 0 spiro atoms. The standard InChI is InChI=1S/C13H18N2O/c1-2-3-6-9-15-10-11-7-4-5-8-12(11)13(14)16/h2-5,7-8,15H,6,9-10H2,1H3,(H2,14,16)/b3-2+. The molecule has 3 N–H and O–H groups in total. The van der Waals surface area contributed by atoms with E-state index in [1.54, 1.807) is 6.07 Å². The topological polar surface area (TPSA) is 55.1 Å². The molecule has 1 aromatic rings. The van der Waals surface area contributed by atoms with Crippen molar-refractivity contribution in [2.75, 3.05) is 6.54 Å². The first-order valence-corrected chi connectivity index (χ1v) is 5.45. The molecular formula is C13H18N2O. The first kappa shape index (κ1) is 12.5. The Morgan fingerprint density at radius 3 is 2.88 bits per heavy atom. The van der Waals surface area contributed by atoms with Gasteiger partial charge in [-0.3, -0.25) is 4.79 Å². The summed E-state index contributed by atoms with van der Waals surface area (Å²) >= 11 is 0. The quantitative estimate of drug-likeness (QED) is 0.565. The van der Waals surface area contributed by atoms with Crippen molar-refractivity contribution in [2.45, 2.75) is 19.9 Å². The number of primary amides is 1. The van der Waals surface area contributed by atoms with Crippen LogP contribution in [0, 0.1) is 0 Å². The fourth-order valence-electron chi connectivity index (χ4n) is 1.49. The molecule has 0 bridgehead atoms. The first-order valence-electron chi connectivity index (χ1n) is 5.45. The Hall–Kier alpha value is -1.61. The van der Waals surface area contributed by atoms with Crippen LogP contribution in [0.25, 0.3) is 0 Å². The van der Waals surface area contributed by atoms with Gasteiger partial charge in [0.2, 0.25) is 5.91 Å². The number of allylic oxidation sites excluding steroid dienone is 1. The minimum absolute atomic E-state index is 0.370. The lowest BCUT2D eigenvalue weighted by atomic mass is 10.1. The maximum atomic E-state index is 11.1. The average Bonchev–Trinajstić information content (AvgIpc) is 2.29. The highest BCUT2D eigenvalue weighted by Gasteiger charge is 2.05. The summed E-state index contributed by atoms with van der Waals surface area (Å²) < 4.78 is 0. The van der Waals surface area contributed by atoms with Crippen molar-refractivity contribution >= 4 is 5.91 Å². The molecule has 0 atom stereocenters. The lowest BCUT2D eigenvalue weighted by Gasteiger charge is -2.07. The third kappa shape index (κ3) is 3.87. The maximum absolute atomic E-state index is 11.1. The van der Waals surface area contributed by atoms with Crippen molar-refractivity contribution in [3.63, 3.8) is 0 Å². The van der Waals surface area contributed by atoms with Crippen LogP contribution in [0.1, 0.15) is 29.3 Å². The van der Waals surface area contributed by atoms with Crippen LogP contribution in [0.5, 0.6) is 0 Å². The monoisotopic (exact) mass is 218 g/mol. The minimum atomic E-state index is -0.370. The summed E-state index contributed by atoms with van der Waals surface area (Å²) in [5.41, 5.74) is 6.84. The fourth-order valence-corrected chi connectivity index (χ4v) is 1.49. The van der Waals surface area contributed by atoms with Crippen molar-refractivity contribution in [3.8, 4) is 0 Å². The molecule has 3 nitrogen and oxygen atoms in total. The summed E-state index contributed by atoms with van der Waals surface area (Å²) in [5.74, 6) is -0.370. The van der Waals surface area contributed by atoms with E-state index < -0.39 is 0 Å². The molecule has 0 aromatic heterocycles. The zero-order chi connectivity index (χ0) is 11.8. The molecule has 1 amide bonds. The molecule has 0 aliphatic rings. The molecule has 1 aromatic carbocycles. The summed E-state index contributed by atoms with van der Waals surface area (Å²) in [4.78, 5) is 11.1. The van der Waals surface area contributed by atoms with Gasteiger partial charge in [0.25, 0.3) is 0 Å². The van der Waals surface area contributed by atoms with E-state index in [-0.39, 0.29) is 5.91 Å². The Bertz CT molecular complexity index is 372. The van der Waals surface area contributed by atoms with Gasteiger partial charge in [0.05, 0.1) is 0 Å². The molecule has 0 radical (unpaired) electrons. The fraction of sp³-hybridized carbons (Fsp3) is 0.308. The van der Waals surface area contributed by atoms with Crippen molar-refractivity contribution in [1.82, 2.24) is 5.32 Å². The van der Waals surface area contributed by atoms with Crippen LogP contribution >= 0.6 is 0 Å². The number of carbonyl (C=O) groups excluding carboxylic acids is 1. The average molecular weight is 218 g/mol. The van der Waals surface area contributed by atoms with E-state index in [1.807, 2.05) is 31.2 Å². The van der Waals surface area contributed by atoms with Gasteiger partial charge in [-0.2, -0.15) is 0 Å². The number of amides is 1. The molecule has 0 fully saturated rings. The zero-order valence-corrected chi connectivity index (χ0v) is 9.57. The summed E-state index contributed by atoms with van der Waals surface area (Å²) in [5, 5.41) is 3.27. The third-order valence-electron chi connectivity index (χ3n) is 2.32. The SMILES string of the molecule is C/C=C/CCNCc1ccccc1C(N)=O. The van der Waals surface area contributed by atoms with E-state index in [4.69, 9.17) is 5.73 Å². The lowest BCUT2D eigenvalue weighted by molar-refractivity contribution is 0.0999. The molecule has 86 valence electrons. The molecule has 0 saturated heterocycles. The molecule has 0 aliphatic heterocycles. The van der Waals surface area contributed by atoms with Gasteiger partial charge in [0.1, 0.15) is 0 Å². The second kappa shape index (κ2) is 6.80. The van der Waals surface area contributed by atoms with Crippen LogP contribution in [0.3, 0.4) is 0 Å². The maximum Gasteiger partial charge on any atom is 0.249 e. The van der Waals surface area contributed by atoms with E-state index >= 15 is 0 Å². The Balaban J connectivity index is 2.50. The third-order valence-corrected chi connectivity index (χ3v) is 2.32. The molecule has 16 heavy (non-hydrogen) atoms. The van der Waals surface area contributed by atoms with Gasteiger partial charge in [-0.15, -0.1) is 0 Å². The van der Waals surface area contributed by atoms with Crippen molar-refractivity contribution in [3.05, 3.63) is 47.5 Å². The smallest absolute Gasteiger partial charge is 0.249 e. The van der Waals surface area contributed by atoms with E-state index in [0.717, 1.165) is 18.5 Å². The van der Waals surface area contributed by atoms with Crippen LogP contribution in [-0.4, -0.2) is 12.5 Å². The number of nitrogens with one attached hydrogen (secondary N) is 1. The Labute approximate surface area is 96.3 Å². The van der Waals surface area contributed by atoms with E-state index in [1.165, 1.54) is 0 Å². The molecular weight excluding hydrogens is 200 g/mol. The predicted molar refractivity (Wildman–Crippen MR) is 66.1 cm³/mol. The number of hydrogen-bond donors (Lipinski definition) is 2. The summed E-state index contributed by atoms with van der Waals surface area (Å²) in [6, 6.07) is 7.41. The van der Waals surface area contributed by atoms with E-state index in [9.17, 15) is 4.79 Å². The summed E-state index contributed by atoms with van der Waals surface area (Å²) in [6.45, 7) is 3.58. The van der Waals surface area contributed by atoms with Gasteiger partial charge in [-0.05, 0) is 31.5 Å². The van der Waals surface area contributed by atoms with Gasteiger partial charge < -0.3 is 11.1 Å². The van der Waals surface area contributed by atoms with Crippen LogP contribution in [0.2, 0.25) is 0 Å². The predicted octanol–water partition coefficient (Wildman–Crippen LogP) is 1.84. The number of benzene rings is 1. The van der Waals surface area contributed by atoms with Gasteiger partial charge in [0, 0.05) is 12.1 Å². The first-order chi connectivity index (χ1) is 7.75. The van der Waals surface area contributed by atoms with Crippen LogP contribution < -0.4 is 11.1 Å². The number of hydrogen-bond acceptors (Lipinski definition) is 2.